The van der Waals surface area contributed by atoms with Crippen LogP contribution in [-0.2, 0) is 13.0 Å². The van der Waals surface area contributed by atoms with Crippen LogP contribution in [0.25, 0.3) is 0 Å². The molecule has 0 aliphatic heterocycles. The molecule has 0 aliphatic rings. The fourth-order valence-electron chi connectivity index (χ4n) is 1.78. The summed E-state index contributed by atoms with van der Waals surface area (Å²) in [6.45, 7) is 4.63. The van der Waals surface area contributed by atoms with Crippen molar-refractivity contribution in [2.75, 3.05) is 28.2 Å². The third-order valence-electron chi connectivity index (χ3n) is 2.56. The molecule has 0 saturated heterocycles. The summed E-state index contributed by atoms with van der Waals surface area (Å²) in [5.74, 6) is 2.60. The molecule has 0 aromatic carbocycles. The van der Waals surface area contributed by atoms with E-state index in [0.29, 0.717) is 6.54 Å². The molecule has 0 amide bonds. The first-order valence-electron chi connectivity index (χ1n) is 6.30. The molecule has 5 nitrogen and oxygen atoms in total. The first-order valence-corrected chi connectivity index (χ1v) is 6.30. The summed E-state index contributed by atoms with van der Waals surface area (Å²) in [6, 6.07) is 0. The summed E-state index contributed by atoms with van der Waals surface area (Å²) in [5.41, 5.74) is 0.944. The molecule has 0 fully saturated rings. The van der Waals surface area contributed by atoms with Gasteiger partial charge in [0.15, 0.2) is 11.9 Å². The van der Waals surface area contributed by atoms with Crippen LogP contribution in [0.4, 0.5) is 0 Å². The Kier molecular flexibility index (Phi) is 5.19. The minimum Gasteiger partial charge on any atom is -0.443 e. The second-order valence-corrected chi connectivity index (χ2v) is 4.77. The molecule has 18 heavy (non-hydrogen) atoms. The van der Waals surface area contributed by atoms with Crippen molar-refractivity contribution in [1.82, 2.24) is 14.8 Å². The molecule has 1 rings (SSSR count). The van der Waals surface area contributed by atoms with Crippen LogP contribution in [-0.4, -0.2) is 48.9 Å². The van der Waals surface area contributed by atoms with Gasteiger partial charge in [0.05, 0.1) is 5.69 Å². The lowest BCUT2D eigenvalue weighted by atomic mass is 10.3. The van der Waals surface area contributed by atoms with Crippen molar-refractivity contribution in [1.29, 1.82) is 0 Å². The van der Waals surface area contributed by atoms with Gasteiger partial charge in [-0.05, 0) is 13.3 Å². The monoisotopic (exact) mass is 252 g/mol. The van der Waals surface area contributed by atoms with Crippen LogP contribution in [0.3, 0.4) is 0 Å². The normalized spacial score (nSPS) is 10.3. The lowest BCUT2D eigenvalue weighted by molar-refractivity contribution is 0.444. The van der Waals surface area contributed by atoms with Gasteiger partial charge in [0.1, 0.15) is 12.3 Å². The topological polar surface area (TPSA) is 44.9 Å². The molecule has 1 heterocycles. The van der Waals surface area contributed by atoms with E-state index in [9.17, 15) is 0 Å². The number of hydrogen-bond acceptors (Lipinski definition) is 3. The Morgan fingerprint density at radius 3 is 2.33 bits per heavy atom. The van der Waals surface area contributed by atoms with Gasteiger partial charge in [-0.2, -0.15) is 0 Å². The van der Waals surface area contributed by atoms with Gasteiger partial charge in [-0.15, -0.1) is 0 Å². The van der Waals surface area contributed by atoms with E-state index in [-0.39, 0.29) is 0 Å². The minimum atomic E-state index is 0.536. The molecule has 0 atom stereocenters. The number of aromatic nitrogens is 1. The molecule has 5 heteroatoms. The van der Waals surface area contributed by atoms with Gasteiger partial charge in [-0.3, -0.25) is 0 Å². The lowest BCUT2D eigenvalue weighted by Crippen LogP contribution is -2.35. The number of nitrogens with zero attached hydrogens (tertiary/aromatic N) is 4. The maximum absolute atomic E-state index is 5.71. The molecule has 0 saturated carbocycles. The Hall–Kier alpha value is -1.52. The SMILES string of the molecule is CCCc1nc(C)c(CN=C(N(C)C)N(C)C)o1. The van der Waals surface area contributed by atoms with E-state index >= 15 is 0 Å². The van der Waals surface area contributed by atoms with Crippen molar-refractivity contribution in [3.63, 3.8) is 0 Å². The largest absolute Gasteiger partial charge is 0.443 e. The van der Waals surface area contributed by atoms with Crippen molar-refractivity contribution >= 4 is 5.96 Å². The average molecular weight is 252 g/mol. The second kappa shape index (κ2) is 6.42. The van der Waals surface area contributed by atoms with Crippen LogP contribution in [0.2, 0.25) is 0 Å². The lowest BCUT2D eigenvalue weighted by Gasteiger charge is -2.22. The second-order valence-electron chi connectivity index (χ2n) is 4.77. The molecule has 0 unspecified atom stereocenters. The zero-order valence-electron chi connectivity index (χ0n) is 12.3. The van der Waals surface area contributed by atoms with Gasteiger partial charge in [0.25, 0.3) is 0 Å². The first kappa shape index (κ1) is 14.5. The third-order valence-corrected chi connectivity index (χ3v) is 2.56. The Labute approximate surface area is 110 Å². The van der Waals surface area contributed by atoms with Crippen LogP contribution < -0.4 is 0 Å². The van der Waals surface area contributed by atoms with Crippen molar-refractivity contribution in [3.05, 3.63) is 17.3 Å². The van der Waals surface area contributed by atoms with E-state index in [2.05, 4.69) is 16.9 Å². The van der Waals surface area contributed by atoms with Crippen LogP contribution in [0.5, 0.6) is 0 Å². The fraction of sp³-hybridized carbons (Fsp3) is 0.692. The standard InChI is InChI=1S/C13H24N4O/c1-7-8-12-15-10(2)11(18-12)9-14-13(16(3)4)17(5)6/h7-9H2,1-6H3. The highest BCUT2D eigenvalue weighted by atomic mass is 16.4. The summed E-state index contributed by atoms with van der Waals surface area (Å²) in [7, 11) is 7.92. The summed E-state index contributed by atoms with van der Waals surface area (Å²) < 4.78 is 5.71. The van der Waals surface area contributed by atoms with Gasteiger partial charge in [-0.1, -0.05) is 6.92 Å². The summed E-state index contributed by atoms with van der Waals surface area (Å²) in [5, 5.41) is 0. The molecule has 1 aromatic rings. The van der Waals surface area contributed by atoms with Crippen LogP contribution in [0.15, 0.2) is 9.41 Å². The number of hydrogen-bond donors (Lipinski definition) is 0. The first-order chi connectivity index (χ1) is 8.45. The van der Waals surface area contributed by atoms with Crippen molar-refractivity contribution in [3.8, 4) is 0 Å². The van der Waals surface area contributed by atoms with E-state index in [1.807, 2.05) is 44.9 Å². The van der Waals surface area contributed by atoms with E-state index in [4.69, 9.17) is 4.42 Å². The predicted octanol–water partition coefficient (Wildman–Crippen LogP) is 1.91. The van der Waals surface area contributed by atoms with Crippen molar-refractivity contribution in [2.45, 2.75) is 33.2 Å². The zero-order valence-corrected chi connectivity index (χ0v) is 12.3. The number of aryl methyl sites for hydroxylation is 2. The summed E-state index contributed by atoms with van der Waals surface area (Å²) >= 11 is 0. The predicted molar refractivity (Wildman–Crippen MR) is 73.7 cm³/mol. The van der Waals surface area contributed by atoms with E-state index in [1.54, 1.807) is 0 Å². The number of guanidine groups is 1. The molecule has 0 radical (unpaired) electrons. The molecule has 102 valence electrons. The van der Waals surface area contributed by atoms with Gasteiger partial charge in [-0.25, -0.2) is 9.98 Å². The zero-order chi connectivity index (χ0) is 13.7. The molecule has 0 spiro atoms. The van der Waals surface area contributed by atoms with Crippen LogP contribution in [0.1, 0.15) is 30.7 Å². The molecular weight excluding hydrogens is 228 g/mol. The Balaban J connectivity index is 2.80. The van der Waals surface area contributed by atoms with Crippen LogP contribution >= 0.6 is 0 Å². The quantitative estimate of drug-likeness (QED) is 0.606. The number of aliphatic imine (C=N–C) groups is 1. The molecule has 0 bridgehead atoms. The molecule has 0 N–H and O–H groups in total. The Bertz CT molecular complexity index is 397. The maximum atomic E-state index is 5.71. The maximum Gasteiger partial charge on any atom is 0.195 e. The Morgan fingerprint density at radius 1 is 1.22 bits per heavy atom. The molecule has 0 aliphatic carbocycles. The highest BCUT2D eigenvalue weighted by Crippen LogP contribution is 2.13. The van der Waals surface area contributed by atoms with Gasteiger partial charge >= 0.3 is 0 Å². The summed E-state index contributed by atoms with van der Waals surface area (Å²) in [4.78, 5) is 12.9. The number of oxazole rings is 1. The van der Waals surface area contributed by atoms with E-state index in [0.717, 1.165) is 36.1 Å². The van der Waals surface area contributed by atoms with E-state index in [1.165, 1.54) is 0 Å². The van der Waals surface area contributed by atoms with Gasteiger partial charge < -0.3 is 14.2 Å². The highest BCUT2D eigenvalue weighted by molar-refractivity contribution is 5.79. The smallest absolute Gasteiger partial charge is 0.195 e. The molecular formula is C13H24N4O. The van der Waals surface area contributed by atoms with Gasteiger partial charge in [0.2, 0.25) is 0 Å². The fourth-order valence-corrected chi connectivity index (χ4v) is 1.78. The summed E-state index contributed by atoms with van der Waals surface area (Å²) in [6.07, 6.45) is 1.93. The average Bonchev–Trinajstić information content (AvgIpc) is 2.59. The highest BCUT2D eigenvalue weighted by Gasteiger charge is 2.10. The van der Waals surface area contributed by atoms with Gasteiger partial charge in [0, 0.05) is 34.6 Å². The third kappa shape index (κ3) is 3.75. The van der Waals surface area contributed by atoms with Crippen molar-refractivity contribution < 1.29 is 4.42 Å². The Morgan fingerprint density at radius 2 is 1.83 bits per heavy atom. The van der Waals surface area contributed by atoms with E-state index < -0.39 is 0 Å². The number of rotatable bonds is 4. The van der Waals surface area contributed by atoms with Crippen LogP contribution in [0, 0.1) is 6.92 Å². The minimum absolute atomic E-state index is 0.536. The molecule has 1 aromatic heterocycles. The van der Waals surface area contributed by atoms with Crippen molar-refractivity contribution in [2.24, 2.45) is 4.99 Å².